The molecule has 0 bridgehead atoms. The second-order valence-electron chi connectivity index (χ2n) is 6.70. The molecular formula is C15H22N4O. The molecule has 0 aliphatic carbocycles. The van der Waals surface area contributed by atoms with Crippen LogP contribution in [-0.4, -0.2) is 20.5 Å². The van der Waals surface area contributed by atoms with Gasteiger partial charge in [-0.15, -0.1) is 10.2 Å². The molecule has 0 amide bonds. The van der Waals surface area contributed by atoms with Crippen LogP contribution in [0.3, 0.4) is 0 Å². The van der Waals surface area contributed by atoms with Crippen molar-refractivity contribution in [2.75, 3.05) is 0 Å². The van der Waals surface area contributed by atoms with Gasteiger partial charge in [-0.2, -0.15) is 5.26 Å². The molecule has 20 heavy (non-hydrogen) atoms. The maximum absolute atomic E-state index is 12.4. The van der Waals surface area contributed by atoms with E-state index >= 15 is 0 Å². The van der Waals surface area contributed by atoms with E-state index in [0.717, 1.165) is 38.1 Å². The summed E-state index contributed by atoms with van der Waals surface area (Å²) >= 11 is 0. The molecule has 1 aliphatic rings. The third-order valence-electron chi connectivity index (χ3n) is 3.55. The summed E-state index contributed by atoms with van der Waals surface area (Å²) in [5.41, 5.74) is -0.117. The molecule has 0 unspecified atom stereocenters. The summed E-state index contributed by atoms with van der Waals surface area (Å²) in [5, 5.41) is 17.7. The van der Waals surface area contributed by atoms with Gasteiger partial charge < -0.3 is 4.57 Å². The molecule has 0 saturated carbocycles. The lowest BCUT2D eigenvalue weighted by atomic mass is 9.86. The Hall–Kier alpha value is -1.70. The largest absolute Gasteiger partial charge is 0.313 e. The van der Waals surface area contributed by atoms with Crippen molar-refractivity contribution in [1.82, 2.24) is 14.8 Å². The number of aromatic nitrogens is 3. The van der Waals surface area contributed by atoms with Gasteiger partial charge in [-0.3, -0.25) is 4.79 Å². The Bertz CT molecular complexity index is 533. The van der Waals surface area contributed by atoms with Crippen LogP contribution in [0.2, 0.25) is 0 Å². The smallest absolute Gasteiger partial charge is 0.164 e. The van der Waals surface area contributed by atoms with Crippen LogP contribution in [0, 0.1) is 16.7 Å². The van der Waals surface area contributed by atoms with Gasteiger partial charge >= 0.3 is 0 Å². The molecule has 108 valence electrons. The first kappa shape index (κ1) is 14.7. The van der Waals surface area contributed by atoms with Crippen LogP contribution in [0.15, 0.2) is 0 Å². The highest BCUT2D eigenvalue weighted by Gasteiger charge is 2.30. The second-order valence-corrected chi connectivity index (χ2v) is 6.70. The molecule has 0 N–H and O–H groups in total. The van der Waals surface area contributed by atoms with Crippen LogP contribution >= 0.6 is 0 Å². The van der Waals surface area contributed by atoms with Gasteiger partial charge in [0.25, 0.3) is 0 Å². The highest BCUT2D eigenvalue weighted by atomic mass is 16.1. The summed E-state index contributed by atoms with van der Waals surface area (Å²) in [6.07, 6.45) is 4.59. The van der Waals surface area contributed by atoms with E-state index in [0.29, 0.717) is 12.2 Å². The molecule has 2 rings (SSSR count). The summed E-state index contributed by atoms with van der Waals surface area (Å²) in [6, 6.07) is 2.12. The fraction of sp³-hybridized carbons (Fsp3) is 0.733. The van der Waals surface area contributed by atoms with Gasteiger partial charge in [-0.25, -0.2) is 0 Å². The molecule has 0 spiro atoms. The molecule has 1 aromatic heterocycles. The zero-order valence-corrected chi connectivity index (χ0v) is 12.5. The molecule has 5 heteroatoms. The minimum absolute atomic E-state index is 0.0561. The number of nitrogens with zero attached hydrogens (tertiary/aromatic N) is 4. The van der Waals surface area contributed by atoms with Crippen molar-refractivity contribution in [2.24, 2.45) is 5.41 Å². The maximum atomic E-state index is 12.4. The first-order chi connectivity index (χ1) is 9.42. The molecule has 0 radical (unpaired) electrons. The number of hydrogen-bond acceptors (Lipinski definition) is 4. The number of ketones is 1. The quantitative estimate of drug-likeness (QED) is 0.849. The molecular weight excluding hydrogens is 252 g/mol. The van der Waals surface area contributed by atoms with Crippen molar-refractivity contribution in [3.63, 3.8) is 0 Å². The van der Waals surface area contributed by atoms with Crippen molar-refractivity contribution in [3.05, 3.63) is 11.6 Å². The third-order valence-corrected chi connectivity index (χ3v) is 3.55. The zero-order chi connectivity index (χ0) is 14.8. The topological polar surface area (TPSA) is 71.6 Å². The van der Waals surface area contributed by atoms with E-state index in [1.54, 1.807) is 0 Å². The zero-order valence-electron chi connectivity index (χ0n) is 12.5. The summed E-state index contributed by atoms with van der Waals surface area (Å²) in [7, 11) is 0. The van der Waals surface area contributed by atoms with Gasteiger partial charge in [0.2, 0.25) is 0 Å². The molecule has 2 heterocycles. The Morgan fingerprint density at radius 2 is 2.10 bits per heavy atom. The predicted octanol–water partition coefficient (Wildman–Crippen LogP) is 2.62. The van der Waals surface area contributed by atoms with Crippen molar-refractivity contribution in [2.45, 2.75) is 65.3 Å². The van der Waals surface area contributed by atoms with Crippen LogP contribution in [0.25, 0.3) is 0 Å². The Morgan fingerprint density at radius 1 is 1.35 bits per heavy atom. The van der Waals surface area contributed by atoms with E-state index in [2.05, 4.69) is 16.3 Å². The highest BCUT2D eigenvalue weighted by Crippen LogP contribution is 2.26. The minimum atomic E-state index is -0.784. The average molecular weight is 274 g/mol. The van der Waals surface area contributed by atoms with Crippen LogP contribution < -0.4 is 0 Å². The van der Waals surface area contributed by atoms with Crippen LogP contribution in [0.5, 0.6) is 0 Å². The van der Waals surface area contributed by atoms with Crippen LogP contribution in [0.4, 0.5) is 0 Å². The number of hydrogen-bond donors (Lipinski definition) is 0. The molecule has 0 saturated heterocycles. The molecule has 0 fully saturated rings. The van der Waals surface area contributed by atoms with Gasteiger partial charge in [0, 0.05) is 19.4 Å². The summed E-state index contributed by atoms with van der Waals surface area (Å²) in [6.45, 7) is 6.83. The predicted molar refractivity (Wildman–Crippen MR) is 75.0 cm³/mol. The second kappa shape index (κ2) is 5.74. The van der Waals surface area contributed by atoms with Crippen molar-refractivity contribution in [1.29, 1.82) is 5.26 Å². The van der Waals surface area contributed by atoms with E-state index in [-0.39, 0.29) is 11.2 Å². The third kappa shape index (κ3) is 3.24. The number of fused-ring (bicyclic) bond motifs is 1. The Balaban J connectivity index is 2.27. The normalized spacial score (nSPS) is 16.9. The van der Waals surface area contributed by atoms with Crippen molar-refractivity contribution >= 4 is 5.78 Å². The SMILES string of the molecule is CC(C)(C)CC(=O)[C@@H](C#N)c1nnc2n1CCCCC2. The number of rotatable bonds is 3. The molecule has 0 aromatic carbocycles. The van der Waals surface area contributed by atoms with E-state index < -0.39 is 5.92 Å². The van der Waals surface area contributed by atoms with E-state index in [1.165, 1.54) is 0 Å². The molecule has 1 aliphatic heterocycles. The summed E-state index contributed by atoms with van der Waals surface area (Å²) in [4.78, 5) is 12.4. The number of aryl methyl sites for hydroxylation is 1. The lowest BCUT2D eigenvalue weighted by Gasteiger charge is -2.19. The lowest BCUT2D eigenvalue weighted by molar-refractivity contribution is -0.121. The number of Topliss-reactive ketones (excluding diaryl/α,β-unsaturated/α-hetero) is 1. The Labute approximate surface area is 120 Å². The van der Waals surface area contributed by atoms with Crippen molar-refractivity contribution < 1.29 is 4.79 Å². The standard InChI is InChI=1S/C15H22N4O/c1-15(2,3)9-12(20)11(10-16)14-18-17-13-7-5-4-6-8-19(13)14/h11H,4-9H2,1-3H3/t11-/m1/s1. The van der Waals surface area contributed by atoms with Gasteiger partial charge in [-0.1, -0.05) is 27.2 Å². The Morgan fingerprint density at radius 3 is 2.75 bits per heavy atom. The maximum Gasteiger partial charge on any atom is 0.164 e. The van der Waals surface area contributed by atoms with Gasteiger partial charge in [-0.05, 0) is 18.3 Å². The van der Waals surface area contributed by atoms with Gasteiger partial charge in [0.15, 0.2) is 17.5 Å². The highest BCUT2D eigenvalue weighted by molar-refractivity contribution is 5.88. The minimum Gasteiger partial charge on any atom is -0.313 e. The van der Waals surface area contributed by atoms with E-state index in [9.17, 15) is 10.1 Å². The monoisotopic (exact) mass is 274 g/mol. The number of nitriles is 1. The number of carbonyl (C=O) groups excluding carboxylic acids is 1. The van der Waals surface area contributed by atoms with E-state index in [1.807, 2.05) is 25.3 Å². The first-order valence-corrected chi connectivity index (χ1v) is 7.27. The number of carbonyl (C=O) groups is 1. The summed E-state index contributed by atoms with van der Waals surface area (Å²) in [5.74, 6) is 0.619. The first-order valence-electron chi connectivity index (χ1n) is 7.27. The average Bonchev–Trinajstić information content (AvgIpc) is 2.58. The lowest BCUT2D eigenvalue weighted by Crippen LogP contribution is -2.22. The van der Waals surface area contributed by atoms with Crippen LogP contribution in [0.1, 0.15) is 64.0 Å². The van der Waals surface area contributed by atoms with Gasteiger partial charge in [0.1, 0.15) is 5.82 Å². The fourth-order valence-electron chi connectivity index (χ4n) is 2.62. The van der Waals surface area contributed by atoms with Crippen molar-refractivity contribution in [3.8, 4) is 6.07 Å². The fourth-order valence-corrected chi connectivity index (χ4v) is 2.62. The Kier molecular flexibility index (Phi) is 4.22. The molecule has 1 atom stereocenters. The molecule has 5 nitrogen and oxygen atoms in total. The molecule has 1 aromatic rings. The summed E-state index contributed by atoms with van der Waals surface area (Å²) < 4.78 is 1.99. The van der Waals surface area contributed by atoms with Crippen LogP contribution in [-0.2, 0) is 17.8 Å². The van der Waals surface area contributed by atoms with Gasteiger partial charge in [0.05, 0.1) is 6.07 Å². The van der Waals surface area contributed by atoms with E-state index in [4.69, 9.17) is 0 Å².